The van der Waals surface area contributed by atoms with Crippen LogP contribution < -0.4 is 5.32 Å². The van der Waals surface area contributed by atoms with Crippen molar-refractivity contribution in [1.29, 1.82) is 0 Å². The number of aromatic carboxylic acids is 1. The highest BCUT2D eigenvalue weighted by atomic mass is 32.1. The summed E-state index contributed by atoms with van der Waals surface area (Å²) < 4.78 is 3.02. The van der Waals surface area contributed by atoms with E-state index in [9.17, 15) is 9.59 Å². The number of carboxylic acids is 1. The maximum absolute atomic E-state index is 12.3. The molecule has 3 heterocycles. The van der Waals surface area contributed by atoms with Gasteiger partial charge >= 0.3 is 5.97 Å². The zero-order chi connectivity index (χ0) is 17.4. The van der Waals surface area contributed by atoms with Crippen LogP contribution in [0.2, 0.25) is 0 Å². The van der Waals surface area contributed by atoms with Crippen molar-refractivity contribution in [3.05, 3.63) is 34.7 Å². The lowest BCUT2D eigenvalue weighted by molar-refractivity contribution is 0.0692. The molecular weight excluding hydrogens is 332 g/mol. The van der Waals surface area contributed by atoms with Crippen molar-refractivity contribution in [2.45, 2.75) is 6.92 Å². The van der Waals surface area contributed by atoms with E-state index in [0.29, 0.717) is 10.8 Å². The Morgan fingerprint density at radius 1 is 1.33 bits per heavy atom. The minimum absolute atomic E-state index is 0.153. The van der Waals surface area contributed by atoms with Gasteiger partial charge in [-0.1, -0.05) is 0 Å². The molecule has 0 bridgehead atoms. The summed E-state index contributed by atoms with van der Waals surface area (Å²) in [5.41, 5.74) is 2.21. The van der Waals surface area contributed by atoms with Gasteiger partial charge in [0.15, 0.2) is 10.8 Å². The maximum atomic E-state index is 12.3. The summed E-state index contributed by atoms with van der Waals surface area (Å²) in [7, 11) is 3.39. The van der Waals surface area contributed by atoms with Gasteiger partial charge in [-0.25, -0.2) is 9.78 Å². The average Bonchev–Trinajstić information content (AvgIpc) is 3.20. The van der Waals surface area contributed by atoms with Crippen LogP contribution in [-0.2, 0) is 14.1 Å². The van der Waals surface area contributed by atoms with Crippen LogP contribution in [0, 0.1) is 6.92 Å². The molecule has 9 nitrogen and oxygen atoms in total. The molecule has 0 spiro atoms. The van der Waals surface area contributed by atoms with E-state index in [0.717, 1.165) is 11.3 Å². The Kier molecular flexibility index (Phi) is 3.89. The quantitative estimate of drug-likeness (QED) is 0.740. The Morgan fingerprint density at radius 2 is 2.08 bits per heavy atom. The van der Waals surface area contributed by atoms with Gasteiger partial charge in [0.1, 0.15) is 5.56 Å². The predicted molar refractivity (Wildman–Crippen MR) is 87.2 cm³/mol. The monoisotopic (exact) mass is 346 g/mol. The number of thiazole rings is 1. The van der Waals surface area contributed by atoms with Crippen molar-refractivity contribution in [1.82, 2.24) is 24.5 Å². The lowest BCUT2D eigenvalue weighted by atomic mass is 10.2. The molecule has 10 heteroatoms. The van der Waals surface area contributed by atoms with E-state index >= 15 is 0 Å². The lowest BCUT2D eigenvalue weighted by Crippen LogP contribution is -2.16. The second kappa shape index (κ2) is 5.89. The zero-order valence-electron chi connectivity index (χ0n) is 13.1. The molecule has 0 aliphatic heterocycles. The van der Waals surface area contributed by atoms with E-state index in [-0.39, 0.29) is 11.3 Å². The van der Waals surface area contributed by atoms with Crippen LogP contribution in [0.3, 0.4) is 0 Å². The first-order chi connectivity index (χ1) is 11.4. The lowest BCUT2D eigenvalue weighted by Gasteiger charge is -1.99. The van der Waals surface area contributed by atoms with Crippen LogP contribution in [0.4, 0.5) is 5.13 Å². The standard InChI is InChI=1S/C14H14N6O3S/c1-7-8(4-15-20(7)3)10-6-24-14(16-10)17-12(21)11-9(13(22)23)5-19(2)18-11/h4-6H,1-3H3,(H,22,23)(H,16,17,21). The Morgan fingerprint density at radius 3 is 2.71 bits per heavy atom. The third-order valence-corrected chi connectivity index (χ3v) is 4.27. The maximum Gasteiger partial charge on any atom is 0.339 e. The molecule has 24 heavy (non-hydrogen) atoms. The van der Waals surface area contributed by atoms with E-state index in [2.05, 4.69) is 20.5 Å². The molecule has 0 aromatic carbocycles. The van der Waals surface area contributed by atoms with E-state index in [1.807, 2.05) is 14.0 Å². The number of anilines is 1. The zero-order valence-corrected chi connectivity index (χ0v) is 14.0. The first kappa shape index (κ1) is 15.9. The fourth-order valence-electron chi connectivity index (χ4n) is 2.17. The van der Waals surface area contributed by atoms with Crippen LogP contribution in [0.15, 0.2) is 17.8 Å². The highest BCUT2D eigenvalue weighted by Gasteiger charge is 2.22. The summed E-state index contributed by atoms with van der Waals surface area (Å²) >= 11 is 1.24. The molecule has 0 saturated carbocycles. The number of hydrogen-bond acceptors (Lipinski definition) is 6. The van der Waals surface area contributed by atoms with Crippen LogP contribution in [0.25, 0.3) is 11.3 Å². The normalized spacial score (nSPS) is 10.8. The number of carbonyl (C=O) groups is 2. The van der Waals surface area contributed by atoms with Crippen molar-refractivity contribution in [2.24, 2.45) is 14.1 Å². The molecule has 0 atom stereocenters. The Bertz CT molecular complexity index is 938. The van der Waals surface area contributed by atoms with Crippen molar-refractivity contribution < 1.29 is 14.7 Å². The summed E-state index contributed by atoms with van der Waals surface area (Å²) in [6.07, 6.45) is 2.99. The molecule has 0 fully saturated rings. The summed E-state index contributed by atoms with van der Waals surface area (Å²) in [4.78, 5) is 27.8. The van der Waals surface area contributed by atoms with Gasteiger partial charge in [0, 0.05) is 36.9 Å². The van der Waals surface area contributed by atoms with Gasteiger partial charge in [0.25, 0.3) is 5.91 Å². The molecule has 1 amide bonds. The van der Waals surface area contributed by atoms with E-state index in [4.69, 9.17) is 5.11 Å². The molecule has 0 saturated heterocycles. The number of carboxylic acid groups (broad SMARTS) is 1. The SMILES string of the molecule is Cc1c(-c2csc(NC(=O)c3nn(C)cc3C(=O)O)n2)cnn1C. The number of nitrogens with zero attached hydrogens (tertiary/aromatic N) is 5. The molecular formula is C14H14N6O3S. The predicted octanol–water partition coefficient (Wildman–Crippen LogP) is 1.54. The fourth-order valence-corrected chi connectivity index (χ4v) is 2.88. The summed E-state index contributed by atoms with van der Waals surface area (Å²) in [6.45, 7) is 1.92. The Labute approximate surface area is 140 Å². The minimum atomic E-state index is -1.21. The average molecular weight is 346 g/mol. The van der Waals surface area contributed by atoms with Crippen molar-refractivity contribution >= 4 is 28.3 Å². The molecule has 3 aromatic rings. The second-order valence-corrected chi connectivity index (χ2v) is 5.99. The number of aromatic nitrogens is 5. The Balaban J connectivity index is 1.84. The third kappa shape index (κ3) is 2.78. The smallest absolute Gasteiger partial charge is 0.339 e. The van der Waals surface area contributed by atoms with Gasteiger partial charge < -0.3 is 5.11 Å². The topological polar surface area (TPSA) is 115 Å². The molecule has 0 aliphatic rings. The van der Waals surface area contributed by atoms with Crippen LogP contribution in [0.1, 0.15) is 26.5 Å². The van der Waals surface area contributed by atoms with Crippen molar-refractivity contribution in [2.75, 3.05) is 5.32 Å². The van der Waals surface area contributed by atoms with Gasteiger partial charge in [0.2, 0.25) is 0 Å². The molecule has 0 aliphatic carbocycles. The second-order valence-electron chi connectivity index (χ2n) is 5.13. The molecule has 3 aromatic heterocycles. The van der Waals surface area contributed by atoms with E-state index in [1.54, 1.807) is 23.3 Å². The summed E-state index contributed by atoms with van der Waals surface area (Å²) in [5.74, 6) is -1.82. The van der Waals surface area contributed by atoms with Crippen LogP contribution in [-0.4, -0.2) is 41.5 Å². The number of rotatable bonds is 4. The van der Waals surface area contributed by atoms with Gasteiger partial charge in [-0.05, 0) is 6.92 Å². The van der Waals surface area contributed by atoms with E-state index < -0.39 is 11.9 Å². The van der Waals surface area contributed by atoms with Gasteiger partial charge in [-0.15, -0.1) is 11.3 Å². The first-order valence-electron chi connectivity index (χ1n) is 6.89. The molecule has 0 radical (unpaired) electrons. The third-order valence-electron chi connectivity index (χ3n) is 3.51. The van der Waals surface area contributed by atoms with Crippen LogP contribution in [0.5, 0.6) is 0 Å². The first-order valence-corrected chi connectivity index (χ1v) is 7.77. The van der Waals surface area contributed by atoms with E-state index in [1.165, 1.54) is 22.2 Å². The highest BCUT2D eigenvalue weighted by Crippen LogP contribution is 2.27. The number of nitrogens with one attached hydrogen (secondary N) is 1. The van der Waals surface area contributed by atoms with Gasteiger partial charge in [0.05, 0.1) is 11.9 Å². The number of aryl methyl sites for hydroxylation is 2. The largest absolute Gasteiger partial charge is 0.478 e. The number of carbonyl (C=O) groups excluding carboxylic acids is 1. The van der Waals surface area contributed by atoms with Gasteiger partial charge in [-0.3, -0.25) is 19.5 Å². The fraction of sp³-hybridized carbons (Fsp3) is 0.214. The summed E-state index contributed by atoms with van der Waals surface area (Å²) in [5, 5.41) is 21.9. The number of amides is 1. The Hall–Kier alpha value is -3.01. The molecule has 3 rings (SSSR count). The minimum Gasteiger partial charge on any atom is -0.478 e. The molecule has 124 valence electrons. The van der Waals surface area contributed by atoms with Crippen LogP contribution >= 0.6 is 11.3 Å². The van der Waals surface area contributed by atoms with Crippen molar-refractivity contribution in [3.63, 3.8) is 0 Å². The van der Waals surface area contributed by atoms with Crippen molar-refractivity contribution in [3.8, 4) is 11.3 Å². The molecule has 0 unspecified atom stereocenters. The highest BCUT2D eigenvalue weighted by molar-refractivity contribution is 7.14. The summed E-state index contributed by atoms with van der Waals surface area (Å²) in [6, 6.07) is 0. The molecule has 2 N–H and O–H groups in total. The van der Waals surface area contributed by atoms with Gasteiger partial charge in [-0.2, -0.15) is 10.2 Å². The number of hydrogen-bond donors (Lipinski definition) is 2.